The summed E-state index contributed by atoms with van der Waals surface area (Å²) in [6.07, 6.45) is 1.99. The van der Waals surface area contributed by atoms with Crippen LogP contribution in [-0.2, 0) is 29.0 Å². The Morgan fingerprint density at radius 1 is 0.825 bits per heavy atom. The number of methoxy groups -OCH3 is 1. The first-order chi connectivity index (χ1) is 19.5. The van der Waals surface area contributed by atoms with Gasteiger partial charge >= 0.3 is 0 Å². The van der Waals surface area contributed by atoms with Gasteiger partial charge in [0, 0.05) is 25.9 Å². The smallest absolute Gasteiger partial charge is 0.243 e. The third-order valence-electron chi connectivity index (χ3n) is 6.54. The molecule has 0 radical (unpaired) electrons. The van der Waals surface area contributed by atoms with Crippen LogP contribution in [0.1, 0.15) is 50.3 Å². The molecule has 0 aliphatic rings. The summed E-state index contributed by atoms with van der Waals surface area (Å²) in [4.78, 5) is 29.1. The molecule has 0 bridgehead atoms. The number of nitrogens with one attached hydrogen (secondary N) is 1. The molecule has 0 heterocycles. The Kier molecular flexibility index (Phi) is 12.4. The SMILES string of the molecule is CCCNC(=O)[C@H](Cc1ccccc1)N(Cc1cccc(OC)c1)C(=O)CCc1ccc(OCC)c(OCC)c1. The van der Waals surface area contributed by atoms with Gasteiger partial charge in [0.1, 0.15) is 11.8 Å². The predicted octanol–water partition coefficient (Wildman–Crippen LogP) is 5.59. The molecule has 0 fully saturated rings. The van der Waals surface area contributed by atoms with Crippen LogP contribution in [0.2, 0.25) is 0 Å². The van der Waals surface area contributed by atoms with Gasteiger partial charge in [-0.15, -0.1) is 0 Å². The number of nitrogens with zero attached hydrogens (tertiary/aromatic N) is 1. The van der Waals surface area contributed by atoms with Crippen LogP contribution in [0, 0.1) is 0 Å². The van der Waals surface area contributed by atoms with Gasteiger partial charge in [-0.2, -0.15) is 0 Å². The molecular formula is C33H42N2O5. The van der Waals surface area contributed by atoms with E-state index in [-0.39, 0.29) is 18.2 Å². The molecule has 0 saturated heterocycles. The lowest BCUT2D eigenvalue weighted by molar-refractivity contribution is -0.141. The summed E-state index contributed by atoms with van der Waals surface area (Å²) in [6, 6.07) is 22.6. The predicted molar refractivity (Wildman–Crippen MR) is 158 cm³/mol. The summed E-state index contributed by atoms with van der Waals surface area (Å²) < 4.78 is 16.9. The lowest BCUT2D eigenvalue weighted by Gasteiger charge is -2.32. The number of rotatable bonds is 16. The van der Waals surface area contributed by atoms with Crippen LogP contribution in [0.5, 0.6) is 17.2 Å². The van der Waals surface area contributed by atoms with Crippen molar-refractivity contribution < 1.29 is 23.8 Å². The first-order valence-corrected chi connectivity index (χ1v) is 14.1. The minimum atomic E-state index is -0.660. The standard InChI is InChI=1S/C33H42N2O5/c1-5-20-34-33(37)29(22-25-12-9-8-10-13-25)35(24-27-14-11-15-28(21-27)38-4)32(36)19-17-26-16-18-30(39-6-2)31(23-26)40-7-3/h8-16,18,21,23,29H,5-7,17,19-20,22,24H2,1-4H3,(H,34,37)/t29-/m0/s1. The zero-order chi connectivity index (χ0) is 28.7. The maximum Gasteiger partial charge on any atom is 0.243 e. The molecule has 0 saturated carbocycles. The molecular weight excluding hydrogens is 504 g/mol. The maximum absolute atomic E-state index is 13.9. The fourth-order valence-corrected chi connectivity index (χ4v) is 4.53. The lowest BCUT2D eigenvalue weighted by Crippen LogP contribution is -2.50. The van der Waals surface area contributed by atoms with Gasteiger partial charge in [0.25, 0.3) is 0 Å². The summed E-state index contributed by atoms with van der Waals surface area (Å²) in [5.41, 5.74) is 2.86. The van der Waals surface area contributed by atoms with E-state index in [4.69, 9.17) is 14.2 Å². The zero-order valence-electron chi connectivity index (χ0n) is 24.2. The van der Waals surface area contributed by atoms with E-state index < -0.39 is 6.04 Å². The maximum atomic E-state index is 13.9. The van der Waals surface area contributed by atoms with Crippen molar-refractivity contribution in [2.24, 2.45) is 0 Å². The van der Waals surface area contributed by atoms with Crippen molar-refractivity contribution in [1.82, 2.24) is 10.2 Å². The van der Waals surface area contributed by atoms with Gasteiger partial charge in [-0.25, -0.2) is 0 Å². The number of hydrogen-bond donors (Lipinski definition) is 1. The van der Waals surface area contributed by atoms with E-state index in [0.29, 0.717) is 56.4 Å². The number of carbonyl (C=O) groups excluding carboxylic acids is 2. The van der Waals surface area contributed by atoms with E-state index in [2.05, 4.69) is 5.32 Å². The topological polar surface area (TPSA) is 77.1 Å². The fraction of sp³-hybridized carbons (Fsp3) is 0.394. The Balaban J connectivity index is 1.90. The molecule has 214 valence electrons. The van der Waals surface area contributed by atoms with Gasteiger partial charge in [0.15, 0.2) is 11.5 Å². The van der Waals surface area contributed by atoms with E-state index in [9.17, 15) is 9.59 Å². The monoisotopic (exact) mass is 546 g/mol. The minimum absolute atomic E-state index is 0.0951. The zero-order valence-corrected chi connectivity index (χ0v) is 24.2. The first kappa shape index (κ1) is 30.5. The van der Waals surface area contributed by atoms with Gasteiger partial charge in [-0.1, -0.05) is 55.5 Å². The molecule has 0 spiro atoms. The minimum Gasteiger partial charge on any atom is -0.497 e. The molecule has 0 unspecified atom stereocenters. The molecule has 7 heteroatoms. The highest BCUT2D eigenvalue weighted by molar-refractivity contribution is 5.88. The molecule has 0 aliphatic heterocycles. The molecule has 1 atom stereocenters. The average molecular weight is 547 g/mol. The number of amides is 2. The summed E-state index contributed by atoms with van der Waals surface area (Å²) in [6.45, 7) is 7.78. The van der Waals surface area contributed by atoms with Crippen molar-refractivity contribution in [2.45, 2.75) is 59.0 Å². The fourth-order valence-electron chi connectivity index (χ4n) is 4.53. The van der Waals surface area contributed by atoms with Crippen molar-refractivity contribution in [2.75, 3.05) is 26.9 Å². The average Bonchev–Trinajstić information content (AvgIpc) is 2.98. The third-order valence-corrected chi connectivity index (χ3v) is 6.54. The Labute approximate surface area is 238 Å². The van der Waals surface area contributed by atoms with Gasteiger partial charge in [0.2, 0.25) is 11.8 Å². The number of aryl methyl sites for hydroxylation is 1. The summed E-state index contributed by atoms with van der Waals surface area (Å²) in [5.74, 6) is 1.82. The van der Waals surface area contributed by atoms with Crippen LogP contribution in [0.4, 0.5) is 0 Å². The summed E-state index contributed by atoms with van der Waals surface area (Å²) in [7, 11) is 1.62. The number of carbonyl (C=O) groups is 2. The Hall–Kier alpha value is -4.00. The molecule has 40 heavy (non-hydrogen) atoms. The highest BCUT2D eigenvalue weighted by Crippen LogP contribution is 2.29. The van der Waals surface area contributed by atoms with Crippen molar-refractivity contribution in [3.63, 3.8) is 0 Å². The Morgan fingerprint density at radius 3 is 2.25 bits per heavy atom. The van der Waals surface area contributed by atoms with Gasteiger partial charge in [-0.05, 0) is 67.6 Å². The number of benzene rings is 3. The first-order valence-electron chi connectivity index (χ1n) is 14.1. The van der Waals surface area contributed by atoms with Crippen molar-refractivity contribution in [3.05, 3.63) is 89.5 Å². The largest absolute Gasteiger partial charge is 0.497 e. The number of hydrogen-bond acceptors (Lipinski definition) is 5. The van der Waals surface area contributed by atoms with Crippen molar-refractivity contribution in [1.29, 1.82) is 0 Å². The van der Waals surface area contributed by atoms with Gasteiger partial charge in [-0.3, -0.25) is 9.59 Å². The molecule has 3 aromatic rings. The second-order valence-corrected chi connectivity index (χ2v) is 9.52. The normalized spacial score (nSPS) is 11.4. The van der Waals surface area contributed by atoms with Crippen LogP contribution < -0.4 is 19.5 Å². The highest BCUT2D eigenvalue weighted by Gasteiger charge is 2.30. The molecule has 3 rings (SSSR count). The highest BCUT2D eigenvalue weighted by atomic mass is 16.5. The van der Waals surface area contributed by atoms with Crippen LogP contribution >= 0.6 is 0 Å². The molecule has 7 nitrogen and oxygen atoms in total. The second-order valence-electron chi connectivity index (χ2n) is 9.52. The summed E-state index contributed by atoms with van der Waals surface area (Å²) >= 11 is 0. The summed E-state index contributed by atoms with van der Waals surface area (Å²) in [5, 5.41) is 3.02. The van der Waals surface area contributed by atoms with Gasteiger partial charge < -0.3 is 24.4 Å². The van der Waals surface area contributed by atoms with Crippen LogP contribution in [0.15, 0.2) is 72.8 Å². The van der Waals surface area contributed by atoms with E-state index in [1.807, 2.05) is 93.6 Å². The van der Waals surface area contributed by atoms with E-state index >= 15 is 0 Å². The Morgan fingerprint density at radius 2 is 1.55 bits per heavy atom. The molecule has 0 aromatic heterocycles. The van der Waals surface area contributed by atoms with E-state index in [1.54, 1.807) is 12.0 Å². The quantitative estimate of drug-likeness (QED) is 0.253. The van der Waals surface area contributed by atoms with Crippen LogP contribution in [-0.4, -0.2) is 49.6 Å². The molecule has 2 amide bonds. The van der Waals surface area contributed by atoms with E-state index in [0.717, 1.165) is 23.1 Å². The van der Waals surface area contributed by atoms with Crippen LogP contribution in [0.3, 0.4) is 0 Å². The lowest BCUT2D eigenvalue weighted by atomic mass is 10.0. The van der Waals surface area contributed by atoms with E-state index in [1.165, 1.54) is 0 Å². The van der Waals surface area contributed by atoms with Crippen molar-refractivity contribution >= 4 is 11.8 Å². The molecule has 0 aliphatic carbocycles. The van der Waals surface area contributed by atoms with Gasteiger partial charge in [0.05, 0.1) is 20.3 Å². The second kappa shape index (κ2) is 16.2. The third kappa shape index (κ3) is 9.04. The van der Waals surface area contributed by atoms with Crippen molar-refractivity contribution in [3.8, 4) is 17.2 Å². The van der Waals surface area contributed by atoms with Crippen LogP contribution in [0.25, 0.3) is 0 Å². The molecule has 1 N–H and O–H groups in total. The number of ether oxygens (including phenoxy) is 3. The Bertz CT molecular complexity index is 1210. The molecule has 3 aromatic carbocycles.